The smallest absolute Gasteiger partial charge is 0.191 e. The van der Waals surface area contributed by atoms with Gasteiger partial charge in [0.25, 0.3) is 0 Å². The van der Waals surface area contributed by atoms with Crippen molar-refractivity contribution < 1.29 is 0 Å². The first-order valence-corrected chi connectivity index (χ1v) is 11.1. The fourth-order valence-corrected chi connectivity index (χ4v) is 3.84. The molecule has 2 aromatic heterocycles. The van der Waals surface area contributed by atoms with Gasteiger partial charge in [-0.25, -0.2) is 0 Å². The van der Waals surface area contributed by atoms with E-state index in [1.807, 2.05) is 6.92 Å². The van der Waals surface area contributed by atoms with Crippen molar-refractivity contribution in [2.24, 2.45) is 4.99 Å². The molecule has 30 heavy (non-hydrogen) atoms. The second-order valence-electron chi connectivity index (χ2n) is 7.79. The minimum atomic E-state index is 0. The van der Waals surface area contributed by atoms with Crippen molar-refractivity contribution in [1.29, 1.82) is 0 Å². The molecule has 0 amide bonds. The van der Waals surface area contributed by atoms with Gasteiger partial charge in [0.2, 0.25) is 0 Å². The number of fused-ring (bicyclic) bond motifs is 1. The van der Waals surface area contributed by atoms with E-state index in [9.17, 15) is 0 Å². The van der Waals surface area contributed by atoms with E-state index in [2.05, 4.69) is 55.1 Å². The number of nitrogens with zero attached hydrogens (tertiary/aromatic N) is 6. The van der Waals surface area contributed by atoms with Gasteiger partial charge < -0.3 is 15.2 Å². The number of hydrogen-bond acceptors (Lipinski definition) is 4. The lowest BCUT2D eigenvalue weighted by Gasteiger charge is -2.12. The molecule has 1 aliphatic heterocycles. The van der Waals surface area contributed by atoms with Crippen LogP contribution in [0.1, 0.15) is 62.1 Å². The van der Waals surface area contributed by atoms with E-state index in [4.69, 9.17) is 4.99 Å². The Bertz CT molecular complexity index is 795. The molecular weight excluding hydrogens is 491 g/mol. The topological polar surface area (TPSA) is 84.9 Å². The van der Waals surface area contributed by atoms with Crippen LogP contribution in [0.4, 0.5) is 0 Å². The number of halogens is 1. The summed E-state index contributed by atoms with van der Waals surface area (Å²) in [6.45, 7) is 10.7. The maximum absolute atomic E-state index is 4.70. The number of rotatable bonds is 9. The Morgan fingerprint density at radius 1 is 1.13 bits per heavy atom. The molecule has 3 rings (SSSR count). The molecule has 168 valence electrons. The van der Waals surface area contributed by atoms with Crippen LogP contribution in [0.2, 0.25) is 0 Å². The minimum absolute atomic E-state index is 0. The number of aromatic nitrogens is 5. The van der Waals surface area contributed by atoms with Crippen molar-refractivity contribution in [2.75, 3.05) is 19.6 Å². The van der Waals surface area contributed by atoms with Gasteiger partial charge in [-0.05, 0) is 52.5 Å². The van der Waals surface area contributed by atoms with Crippen molar-refractivity contribution >= 4 is 29.9 Å². The number of hydrogen-bond donors (Lipinski definition) is 2. The third-order valence-electron chi connectivity index (χ3n) is 5.30. The van der Waals surface area contributed by atoms with Crippen LogP contribution >= 0.6 is 24.0 Å². The third-order valence-corrected chi connectivity index (χ3v) is 5.30. The van der Waals surface area contributed by atoms with Crippen LogP contribution < -0.4 is 10.6 Å². The first kappa shape index (κ1) is 24.6. The summed E-state index contributed by atoms with van der Waals surface area (Å²) in [5.74, 6) is 3.19. The molecule has 0 atom stereocenters. The minimum Gasteiger partial charge on any atom is -0.357 e. The highest BCUT2D eigenvalue weighted by Crippen LogP contribution is 2.15. The quantitative estimate of drug-likeness (QED) is 0.226. The molecule has 8 nitrogen and oxygen atoms in total. The van der Waals surface area contributed by atoms with Gasteiger partial charge in [-0.3, -0.25) is 9.67 Å². The highest BCUT2D eigenvalue weighted by Gasteiger charge is 2.14. The maximum Gasteiger partial charge on any atom is 0.191 e. The average molecular weight is 528 g/mol. The fourth-order valence-electron chi connectivity index (χ4n) is 3.84. The van der Waals surface area contributed by atoms with Crippen molar-refractivity contribution in [2.45, 2.75) is 78.8 Å². The van der Waals surface area contributed by atoms with E-state index in [1.54, 1.807) is 0 Å². The Balaban J connectivity index is 0.00000320. The summed E-state index contributed by atoms with van der Waals surface area (Å²) in [7, 11) is 0. The summed E-state index contributed by atoms with van der Waals surface area (Å²) in [4.78, 5) is 4.70. The second-order valence-corrected chi connectivity index (χ2v) is 7.79. The lowest BCUT2D eigenvalue weighted by Crippen LogP contribution is -2.38. The molecule has 0 unspecified atom stereocenters. The molecule has 9 heteroatoms. The highest BCUT2D eigenvalue weighted by atomic mass is 127. The van der Waals surface area contributed by atoms with Crippen LogP contribution in [0, 0.1) is 13.8 Å². The number of aliphatic imine (C=N–C) groups is 1. The zero-order valence-corrected chi connectivity index (χ0v) is 21.0. The summed E-state index contributed by atoms with van der Waals surface area (Å²) in [6, 6.07) is 2.11. The predicted octanol–water partition coefficient (Wildman–Crippen LogP) is 3.01. The van der Waals surface area contributed by atoms with Gasteiger partial charge in [0.15, 0.2) is 5.96 Å². The zero-order valence-electron chi connectivity index (χ0n) is 18.7. The lowest BCUT2D eigenvalue weighted by atomic mass is 10.2. The van der Waals surface area contributed by atoms with E-state index in [1.165, 1.54) is 30.8 Å². The van der Waals surface area contributed by atoms with Crippen LogP contribution in [0.5, 0.6) is 0 Å². The lowest BCUT2D eigenvalue weighted by molar-refractivity contribution is 0.566. The molecular formula is C21H37IN8. The Kier molecular flexibility index (Phi) is 10.6. The summed E-state index contributed by atoms with van der Waals surface area (Å²) >= 11 is 0. The molecule has 3 heterocycles. The van der Waals surface area contributed by atoms with Gasteiger partial charge in [0, 0.05) is 51.3 Å². The zero-order chi connectivity index (χ0) is 20.5. The summed E-state index contributed by atoms with van der Waals surface area (Å²) in [5.41, 5.74) is 2.29. The summed E-state index contributed by atoms with van der Waals surface area (Å²) < 4.78 is 4.40. The molecule has 0 spiro atoms. The van der Waals surface area contributed by atoms with Gasteiger partial charge in [-0.15, -0.1) is 34.2 Å². The monoisotopic (exact) mass is 528 g/mol. The van der Waals surface area contributed by atoms with Crippen LogP contribution in [0.3, 0.4) is 0 Å². The predicted molar refractivity (Wildman–Crippen MR) is 132 cm³/mol. The van der Waals surface area contributed by atoms with Crippen molar-refractivity contribution in [3.63, 3.8) is 0 Å². The van der Waals surface area contributed by atoms with E-state index >= 15 is 0 Å². The normalized spacial score (nSPS) is 14.0. The molecule has 0 radical (unpaired) electrons. The SMILES string of the molecule is CCNC(=NCCCn1nc(C)cc1C)NCCCc1nnc2n1CCCCC2.I. The molecule has 0 aromatic carbocycles. The van der Waals surface area contributed by atoms with Gasteiger partial charge >= 0.3 is 0 Å². The number of aryl methyl sites for hydroxylation is 5. The molecule has 2 N–H and O–H groups in total. The first-order chi connectivity index (χ1) is 14.2. The number of guanidine groups is 1. The Morgan fingerprint density at radius 3 is 2.77 bits per heavy atom. The van der Waals surface area contributed by atoms with Gasteiger partial charge in [-0.2, -0.15) is 5.10 Å². The van der Waals surface area contributed by atoms with E-state index in [0.717, 1.165) is 75.9 Å². The average Bonchev–Trinajstić information content (AvgIpc) is 3.13. The van der Waals surface area contributed by atoms with Gasteiger partial charge in [-0.1, -0.05) is 6.42 Å². The first-order valence-electron chi connectivity index (χ1n) is 11.1. The van der Waals surface area contributed by atoms with Crippen molar-refractivity contribution in [3.05, 3.63) is 29.1 Å². The van der Waals surface area contributed by atoms with E-state index < -0.39 is 0 Å². The molecule has 0 bridgehead atoms. The number of nitrogens with one attached hydrogen (secondary N) is 2. The molecule has 0 aliphatic carbocycles. The highest BCUT2D eigenvalue weighted by molar-refractivity contribution is 14.0. The Morgan fingerprint density at radius 2 is 2.00 bits per heavy atom. The van der Waals surface area contributed by atoms with Gasteiger partial charge in [0.1, 0.15) is 11.6 Å². The summed E-state index contributed by atoms with van der Waals surface area (Å²) in [6.07, 6.45) is 7.80. The van der Waals surface area contributed by atoms with E-state index in [-0.39, 0.29) is 24.0 Å². The third kappa shape index (κ3) is 7.24. The second kappa shape index (κ2) is 12.9. The standard InChI is InChI=1S/C21H36N8.HI/c1-4-22-21(24-13-9-15-29-18(3)16-17(2)27-29)23-12-8-11-20-26-25-19-10-6-5-7-14-28(19)20;/h16H,4-15H2,1-3H3,(H2,22,23,24);1H. The molecule has 0 saturated heterocycles. The van der Waals surface area contributed by atoms with Gasteiger partial charge in [0.05, 0.1) is 5.69 Å². The summed E-state index contributed by atoms with van der Waals surface area (Å²) in [5, 5.41) is 20.1. The maximum atomic E-state index is 4.70. The fraction of sp³-hybridized carbons (Fsp3) is 0.714. The molecule has 0 saturated carbocycles. The van der Waals surface area contributed by atoms with E-state index in [0.29, 0.717) is 0 Å². The van der Waals surface area contributed by atoms with Crippen LogP contribution in [-0.2, 0) is 25.9 Å². The molecule has 1 aliphatic rings. The Hall–Kier alpha value is -1.65. The van der Waals surface area contributed by atoms with Crippen molar-refractivity contribution in [1.82, 2.24) is 35.2 Å². The molecule has 2 aromatic rings. The van der Waals surface area contributed by atoms with Crippen LogP contribution in [0.25, 0.3) is 0 Å². The largest absolute Gasteiger partial charge is 0.357 e. The van der Waals surface area contributed by atoms with Crippen LogP contribution in [-0.4, -0.2) is 50.1 Å². The Labute approximate surface area is 197 Å². The molecule has 0 fully saturated rings. The van der Waals surface area contributed by atoms with Crippen LogP contribution in [0.15, 0.2) is 11.1 Å². The van der Waals surface area contributed by atoms with Crippen molar-refractivity contribution in [3.8, 4) is 0 Å².